The number of anilines is 1. The van der Waals surface area contributed by atoms with E-state index in [9.17, 15) is 9.90 Å². The summed E-state index contributed by atoms with van der Waals surface area (Å²) >= 11 is 0. The number of amides is 1. The molecule has 104 valence electrons. The van der Waals surface area contributed by atoms with Crippen molar-refractivity contribution in [1.82, 2.24) is 0 Å². The molecule has 2 rings (SSSR count). The zero-order valence-corrected chi connectivity index (χ0v) is 11.8. The molecule has 0 saturated heterocycles. The highest BCUT2D eigenvalue weighted by atomic mass is 16.5. The standard InChI is InChI=1S/C15H21NO3/c1-15(2,3)19-10-13(18)16-9-5-7-11-6-4-8-12(17)14(11)16/h4,6,8,17H,5,7,9-10H2,1-3H3. The number of rotatable bonds is 2. The van der Waals surface area contributed by atoms with Crippen LogP contribution in [0.1, 0.15) is 32.8 Å². The predicted octanol–water partition coefficient (Wildman–Crippen LogP) is 2.49. The lowest BCUT2D eigenvalue weighted by atomic mass is 10.0. The predicted molar refractivity (Wildman–Crippen MR) is 74.5 cm³/mol. The number of phenols is 1. The van der Waals surface area contributed by atoms with Crippen molar-refractivity contribution in [3.05, 3.63) is 23.8 Å². The third-order valence-electron chi connectivity index (χ3n) is 3.13. The number of ether oxygens (including phenoxy) is 1. The number of aryl methyl sites for hydroxylation is 1. The van der Waals surface area contributed by atoms with Crippen LogP contribution in [0.5, 0.6) is 5.75 Å². The van der Waals surface area contributed by atoms with Crippen molar-refractivity contribution in [3.8, 4) is 5.75 Å². The third kappa shape index (κ3) is 3.26. The smallest absolute Gasteiger partial charge is 0.253 e. The van der Waals surface area contributed by atoms with Gasteiger partial charge in [-0.25, -0.2) is 0 Å². The van der Waals surface area contributed by atoms with Gasteiger partial charge in [0.25, 0.3) is 5.91 Å². The van der Waals surface area contributed by atoms with E-state index in [-0.39, 0.29) is 23.9 Å². The van der Waals surface area contributed by atoms with Gasteiger partial charge in [0, 0.05) is 6.54 Å². The fourth-order valence-electron chi connectivity index (χ4n) is 2.24. The number of para-hydroxylation sites is 1. The first-order chi connectivity index (χ1) is 8.88. The lowest BCUT2D eigenvalue weighted by Crippen LogP contribution is -2.39. The first-order valence-electron chi connectivity index (χ1n) is 6.64. The van der Waals surface area contributed by atoms with E-state index in [0.29, 0.717) is 12.2 Å². The summed E-state index contributed by atoms with van der Waals surface area (Å²) in [5.74, 6) is 0.0682. The molecule has 0 fully saturated rings. The summed E-state index contributed by atoms with van der Waals surface area (Å²) in [5.41, 5.74) is 1.33. The van der Waals surface area contributed by atoms with Gasteiger partial charge in [-0.2, -0.15) is 0 Å². The van der Waals surface area contributed by atoms with Gasteiger partial charge in [0.2, 0.25) is 0 Å². The molecule has 1 heterocycles. The minimum absolute atomic E-state index is 0.0390. The number of hydrogen-bond acceptors (Lipinski definition) is 3. The van der Waals surface area contributed by atoms with E-state index in [4.69, 9.17) is 4.74 Å². The highest BCUT2D eigenvalue weighted by Crippen LogP contribution is 2.35. The molecule has 0 radical (unpaired) electrons. The van der Waals surface area contributed by atoms with Crippen LogP contribution in [0.4, 0.5) is 5.69 Å². The van der Waals surface area contributed by atoms with Gasteiger partial charge in [0.15, 0.2) is 0 Å². The average Bonchev–Trinajstić information content (AvgIpc) is 2.35. The topological polar surface area (TPSA) is 49.8 Å². The van der Waals surface area contributed by atoms with Gasteiger partial charge in [0.05, 0.1) is 11.3 Å². The molecule has 0 saturated carbocycles. The van der Waals surface area contributed by atoms with Gasteiger partial charge in [-0.3, -0.25) is 4.79 Å². The minimum Gasteiger partial charge on any atom is -0.506 e. The lowest BCUT2D eigenvalue weighted by molar-refractivity contribution is -0.128. The van der Waals surface area contributed by atoms with E-state index in [1.807, 2.05) is 32.9 Å². The summed E-state index contributed by atoms with van der Waals surface area (Å²) < 4.78 is 5.53. The highest BCUT2D eigenvalue weighted by Gasteiger charge is 2.26. The van der Waals surface area contributed by atoms with Crippen LogP contribution in [-0.2, 0) is 16.0 Å². The summed E-state index contributed by atoms with van der Waals surface area (Å²) in [7, 11) is 0. The minimum atomic E-state index is -0.340. The number of carbonyl (C=O) groups excluding carboxylic acids is 1. The average molecular weight is 263 g/mol. The van der Waals surface area contributed by atoms with Crippen molar-refractivity contribution in [1.29, 1.82) is 0 Å². The maximum atomic E-state index is 12.2. The molecule has 19 heavy (non-hydrogen) atoms. The van der Waals surface area contributed by atoms with Crippen LogP contribution in [-0.4, -0.2) is 29.8 Å². The molecule has 0 atom stereocenters. The second-order valence-electron chi connectivity index (χ2n) is 5.83. The number of hydrogen-bond donors (Lipinski definition) is 1. The van der Waals surface area contributed by atoms with Gasteiger partial charge in [0.1, 0.15) is 12.4 Å². The Hall–Kier alpha value is -1.55. The molecule has 0 unspecified atom stereocenters. The number of fused-ring (bicyclic) bond motifs is 1. The van der Waals surface area contributed by atoms with Gasteiger partial charge in [-0.15, -0.1) is 0 Å². The molecule has 1 amide bonds. The fourth-order valence-corrected chi connectivity index (χ4v) is 2.24. The van der Waals surface area contributed by atoms with Gasteiger partial charge in [-0.05, 0) is 45.2 Å². The van der Waals surface area contributed by atoms with Crippen molar-refractivity contribution in [2.45, 2.75) is 39.2 Å². The second kappa shape index (κ2) is 5.21. The Morgan fingerprint density at radius 3 is 2.84 bits per heavy atom. The number of phenolic OH excluding ortho intramolecular Hbond substituents is 1. The van der Waals surface area contributed by atoms with E-state index in [1.54, 1.807) is 11.0 Å². The Kier molecular flexibility index (Phi) is 3.80. The van der Waals surface area contributed by atoms with Crippen LogP contribution in [0.3, 0.4) is 0 Å². The number of aromatic hydroxyl groups is 1. The SMILES string of the molecule is CC(C)(C)OCC(=O)N1CCCc2cccc(O)c21. The van der Waals surface area contributed by atoms with E-state index >= 15 is 0 Å². The number of nitrogens with zero attached hydrogens (tertiary/aromatic N) is 1. The highest BCUT2D eigenvalue weighted by molar-refractivity contribution is 5.97. The molecule has 1 aliphatic heterocycles. The molecule has 4 nitrogen and oxygen atoms in total. The van der Waals surface area contributed by atoms with Crippen molar-refractivity contribution >= 4 is 11.6 Å². The Morgan fingerprint density at radius 1 is 1.42 bits per heavy atom. The maximum Gasteiger partial charge on any atom is 0.253 e. The summed E-state index contributed by atoms with van der Waals surface area (Å²) in [6.45, 7) is 6.43. The fraction of sp³-hybridized carbons (Fsp3) is 0.533. The third-order valence-corrected chi connectivity index (χ3v) is 3.13. The molecule has 1 aromatic rings. The largest absolute Gasteiger partial charge is 0.506 e. The van der Waals surface area contributed by atoms with E-state index < -0.39 is 0 Å². The molecule has 1 aromatic carbocycles. The molecule has 1 aliphatic rings. The second-order valence-corrected chi connectivity index (χ2v) is 5.83. The quantitative estimate of drug-likeness (QED) is 0.891. The number of benzene rings is 1. The summed E-state index contributed by atoms with van der Waals surface area (Å²) in [4.78, 5) is 13.9. The van der Waals surface area contributed by atoms with Crippen molar-refractivity contribution < 1.29 is 14.6 Å². The number of carbonyl (C=O) groups is 1. The zero-order valence-electron chi connectivity index (χ0n) is 11.8. The molecular weight excluding hydrogens is 242 g/mol. The van der Waals surface area contributed by atoms with E-state index in [2.05, 4.69) is 0 Å². The van der Waals surface area contributed by atoms with Crippen molar-refractivity contribution in [2.24, 2.45) is 0 Å². The summed E-state index contributed by atoms with van der Waals surface area (Å²) in [5, 5.41) is 9.97. The lowest BCUT2D eigenvalue weighted by Gasteiger charge is -2.31. The van der Waals surface area contributed by atoms with Crippen LogP contribution in [0.15, 0.2) is 18.2 Å². The molecule has 0 bridgehead atoms. The Labute approximate surface area is 114 Å². The van der Waals surface area contributed by atoms with Crippen LogP contribution in [0.2, 0.25) is 0 Å². The van der Waals surface area contributed by atoms with Crippen LogP contribution < -0.4 is 4.90 Å². The van der Waals surface area contributed by atoms with Crippen LogP contribution in [0, 0.1) is 0 Å². The molecule has 0 spiro atoms. The van der Waals surface area contributed by atoms with Crippen LogP contribution in [0.25, 0.3) is 0 Å². The van der Waals surface area contributed by atoms with Gasteiger partial charge < -0.3 is 14.7 Å². The molecule has 4 heteroatoms. The normalized spacial score (nSPS) is 15.2. The zero-order chi connectivity index (χ0) is 14.0. The van der Waals surface area contributed by atoms with Crippen molar-refractivity contribution in [3.63, 3.8) is 0 Å². The Morgan fingerprint density at radius 2 is 2.16 bits per heavy atom. The molecular formula is C15H21NO3. The molecule has 0 aromatic heterocycles. The van der Waals surface area contributed by atoms with Crippen molar-refractivity contribution in [2.75, 3.05) is 18.1 Å². The first kappa shape index (κ1) is 13.9. The summed E-state index contributed by atoms with van der Waals surface area (Å²) in [6.07, 6.45) is 1.81. The Bertz CT molecular complexity index is 477. The maximum absolute atomic E-state index is 12.2. The van der Waals surface area contributed by atoms with E-state index in [0.717, 1.165) is 18.4 Å². The molecule has 1 N–H and O–H groups in total. The van der Waals surface area contributed by atoms with Gasteiger partial charge in [-0.1, -0.05) is 12.1 Å². The van der Waals surface area contributed by atoms with Crippen LogP contribution >= 0.6 is 0 Å². The summed E-state index contributed by atoms with van der Waals surface area (Å²) in [6, 6.07) is 5.39. The van der Waals surface area contributed by atoms with E-state index in [1.165, 1.54) is 0 Å². The Balaban J connectivity index is 2.17. The first-order valence-corrected chi connectivity index (χ1v) is 6.64. The van der Waals surface area contributed by atoms with Gasteiger partial charge >= 0.3 is 0 Å². The molecule has 0 aliphatic carbocycles. The monoisotopic (exact) mass is 263 g/mol.